The van der Waals surface area contributed by atoms with Crippen molar-refractivity contribution >= 4 is 70.9 Å². The van der Waals surface area contributed by atoms with Gasteiger partial charge in [-0.1, -0.05) is 70.9 Å². The van der Waals surface area contributed by atoms with E-state index in [0.717, 1.165) is 37.0 Å². The van der Waals surface area contributed by atoms with Crippen LogP contribution in [0.25, 0.3) is 0 Å². The van der Waals surface area contributed by atoms with Gasteiger partial charge in [-0.25, -0.2) is 0 Å². The second-order valence-corrected chi connectivity index (χ2v) is 19.2. The highest BCUT2D eigenvalue weighted by molar-refractivity contribution is 6.00. The van der Waals surface area contributed by atoms with Crippen LogP contribution in [0.4, 0.5) is 0 Å². The van der Waals surface area contributed by atoms with E-state index in [0.29, 0.717) is 24.3 Å². The Labute approximate surface area is 428 Å². The van der Waals surface area contributed by atoms with Crippen LogP contribution in [-0.2, 0) is 64.0 Å². The molecule has 2 aliphatic rings. The number of benzene rings is 1. The first-order valence-electron chi connectivity index (χ1n) is 24.9. The molecule has 2 fully saturated rings. The van der Waals surface area contributed by atoms with Gasteiger partial charge in [0.1, 0.15) is 48.0 Å². The van der Waals surface area contributed by atoms with E-state index in [-0.39, 0.29) is 38.0 Å². The molecular formula is C48H74N12O14. The predicted molar refractivity (Wildman–Crippen MR) is 263 cm³/mol. The lowest BCUT2D eigenvalue weighted by Crippen LogP contribution is -2.60. The van der Waals surface area contributed by atoms with Crippen LogP contribution in [-0.4, -0.2) is 147 Å². The first-order valence-corrected chi connectivity index (χ1v) is 24.9. The molecule has 2 saturated heterocycles. The molecule has 0 radical (unpaired) electrons. The predicted octanol–water partition coefficient (Wildman–Crippen LogP) is -3.62. The van der Waals surface area contributed by atoms with Crippen molar-refractivity contribution in [1.29, 1.82) is 0 Å². The molecule has 0 aliphatic carbocycles. The third-order valence-electron chi connectivity index (χ3n) is 12.5. The maximum atomic E-state index is 14.3. The van der Waals surface area contributed by atoms with Crippen molar-refractivity contribution in [2.24, 2.45) is 28.9 Å². The summed E-state index contributed by atoms with van der Waals surface area (Å²) in [5, 5.41) is 37.2. The number of hydrogen-bond acceptors (Lipinski definition) is 14. The van der Waals surface area contributed by atoms with Gasteiger partial charge in [0.15, 0.2) is 0 Å². The van der Waals surface area contributed by atoms with Crippen LogP contribution >= 0.6 is 0 Å². The lowest BCUT2D eigenvalue weighted by molar-refractivity contribution is -0.143. The standard InChI is InChI=1S/C48H74N12O14/c1-26(2)10-7-5-3-4-6-8-11-28-21-41(67)54-32(22-38(50)64)43(69)56-31(20-27-13-15-29(62)16-14-27)42(68)57-33(23-39(51)65)44(70)55-30(17-18-37(49)63)48(74)60-19-9-12-36(60)47(73)58-34(24-40(52)66)45(71)59-35(25-61)46(72)53-28/h13-16,26,28,30-36,61-62H,3-12,17-25H2,1-2H3,(H2,49,63)(H2,50,64)(H2,51,65)(H2,52,66)(H,53,72)(H,54,67)(H,55,70)(H,56,69)(H,57,68)(H,58,73)(H,59,71)/t28?,30?,31-,32?,33?,34?,35+,36+/m1/s1. The maximum absolute atomic E-state index is 14.3. The topological polar surface area (TPSA) is 437 Å². The highest BCUT2D eigenvalue weighted by atomic mass is 16.3. The number of unbranched alkanes of at least 4 members (excludes halogenated alkanes) is 5. The number of phenols is 1. The number of carbonyl (C=O) groups is 12. The van der Waals surface area contributed by atoms with E-state index in [9.17, 15) is 67.7 Å². The molecule has 0 saturated carbocycles. The van der Waals surface area contributed by atoms with Crippen molar-refractivity contribution in [2.45, 2.75) is 171 Å². The highest BCUT2D eigenvalue weighted by Crippen LogP contribution is 2.21. The molecule has 2 aliphatic heterocycles. The number of amides is 12. The van der Waals surface area contributed by atoms with Crippen LogP contribution in [0.2, 0.25) is 0 Å². The molecule has 1 aromatic carbocycles. The zero-order valence-electron chi connectivity index (χ0n) is 42.0. The molecule has 2 heterocycles. The highest BCUT2D eigenvalue weighted by Gasteiger charge is 2.41. The van der Waals surface area contributed by atoms with Gasteiger partial charge in [-0.05, 0) is 49.3 Å². The number of aromatic hydroxyl groups is 1. The molecule has 74 heavy (non-hydrogen) atoms. The van der Waals surface area contributed by atoms with Gasteiger partial charge in [-0.3, -0.25) is 57.5 Å². The van der Waals surface area contributed by atoms with Gasteiger partial charge in [-0.15, -0.1) is 0 Å². The molecule has 26 nitrogen and oxygen atoms in total. The van der Waals surface area contributed by atoms with Gasteiger partial charge in [-0.2, -0.15) is 0 Å². The van der Waals surface area contributed by atoms with E-state index < -0.39 is 164 Å². The number of phenolic OH excluding ortho intramolecular Hbond substituents is 1. The number of fused-ring (bicyclic) bond motifs is 1. The Morgan fingerprint density at radius 3 is 1.59 bits per heavy atom. The Morgan fingerprint density at radius 1 is 0.581 bits per heavy atom. The molecule has 8 atom stereocenters. The summed E-state index contributed by atoms with van der Waals surface area (Å²) in [5.74, 6) is -12.0. The zero-order chi connectivity index (χ0) is 55.1. The van der Waals surface area contributed by atoms with Crippen molar-refractivity contribution in [3.05, 3.63) is 29.8 Å². The largest absolute Gasteiger partial charge is 0.508 e. The summed E-state index contributed by atoms with van der Waals surface area (Å²) < 4.78 is 0. The first-order chi connectivity index (χ1) is 35.0. The van der Waals surface area contributed by atoms with Crippen LogP contribution in [0, 0.1) is 5.92 Å². The molecule has 17 N–H and O–H groups in total. The summed E-state index contributed by atoms with van der Waals surface area (Å²) in [6.45, 7) is 3.19. The minimum absolute atomic E-state index is 0.00252. The Hall–Kier alpha value is -7.38. The Kier molecular flexibility index (Phi) is 25.2. The van der Waals surface area contributed by atoms with Gasteiger partial charge < -0.3 is 75.3 Å². The van der Waals surface area contributed by atoms with Crippen LogP contribution < -0.4 is 60.2 Å². The molecule has 5 unspecified atom stereocenters. The summed E-state index contributed by atoms with van der Waals surface area (Å²) >= 11 is 0. The van der Waals surface area contributed by atoms with E-state index in [4.69, 9.17) is 22.9 Å². The average molecular weight is 1040 g/mol. The zero-order valence-corrected chi connectivity index (χ0v) is 42.0. The summed E-state index contributed by atoms with van der Waals surface area (Å²) in [5.41, 5.74) is 22.2. The fourth-order valence-corrected chi connectivity index (χ4v) is 8.56. The van der Waals surface area contributed by atoms with E-state index in [1.165, 1.54) is 24.3 Å². The summed E-state index contributed by atoms with van der Waals surface area (Å²) in [6, 6.07) is -7.36. The van der Waals surface area contributed by atoms with Crippen LogP contribution in [0.5, 0.6) is 5.75 Å². The number of aliphatic hydroxyl groups is 1. The molecule has 26 heteroatoms. The summed E-state index contributed by atoms with van der Waals surface area (Å²) in [4.78, 5) is 162. The molecule has 1 aromatic rings. The number of nitrogens with two attached hydrogens (primary N) is 4. The average Bonchev–Trinajstić information content (AvgIpc) is 3.82. The van der Waals surface area contributed by atoms with E-state index >= 15 is 0 Å². The van der Waals surface area contributed by atoms with Gasteiger partial charge in [0.25, 0.3) is 0 Å². The van der Waals surface area contributed by atoms with Crippen molar-refractivity contribution in [3.8, 4) is 5.75 Å². The number of rotatable bonds is 21. The summed E-state index contributed by atoms with van der Waals surface area (Å²) in [6.07, 6.45) is 2.21. The number of primary amides is 4. The summed E-state index contributed by atoms with van der Waals surface area (Å²) in [7, 11) is 0. The minimum atomic E-state index is -1.86. The number of hydrogen-bond donors (Lipinski definition) is 13. The quantitative estimate of drug-likeness (QED) is 0.0529. The van der Waals surface area contributed by atoms with Crippen molar-refractivity contribution in [1.82, 2.24) is 42.1 Å². The normalized spacial score (nSPS) is 24.1. The van der Waals surface area contributed by atoms with Crippen molar-refractivity contribution in [3.63, 3.8) is 0 Å². The van der Waals surface area contributed by atoms with Gasteiger partial charge in [0.05, 0.1) is 25.9 Å². The first kappa shape index (κ1) is 60.9. The lowest BCUT2D eigenvalue weighted by Gasteiger charge is -2.31. The van der Waals surface area contributed by atoms with Crippen LogP contribution in [0.3, 0.4) is 0 Å². The Morgan fingerprint density at radius 2 is 1.05 bits per heavy atom. The number of aliphatic hydroxyl groups excluding tert-OH is 1. The number of nitrogens with zero attached hydrogens (tertiary/aromatic N) is 1. The third kappa shape index (κ3) is 21.4. The Bertz CT molecular complexity index is 2180. The van der Waals surface area contributed by atoms with Crippen molar-refractivity contribution < 1.29 is 67.7 Å². The van der Waals surface area contributed by atoms with Crippen molar-refractivity contribution in [2.75, 3.05) is 13.2 Å². The molecular weight excluding hydrogens is 969 g/mol. The van der Waals surface area contributed by atoms with Gasteiger partial charge in [0, 0.05) is 31.8 Å². The molecule has 410 valence electrons. The monoisotopic (exact) mass is 1040 g/mol. The molecule has 3 rings (SSSR count). The minimum Gasteiger partial charge on any atom is -0.508 e. The SMILES string of the molecule is CC(C)CCCCCCCCC1CC(=O)NC(CC(N)=O)C(=O)N[C@H](Cc2ccc(O)cc2)C(=O)NC(CC(N)=O)C(=O)NC(CCC(N)=O)C(=O)N2CCC[C@H]2C(=O)NC(CC(N)=O)C(=O)N[C@@H](CO)C(=O)N1. The maximum Gasteiger partial charge on any atom is 0.245 e. The number of carbonyl (C=O) groups excluding carboxylic acids is 12. The second kappa shape index (κ2) is 30.6. The van der Waals surface area contributed by atoms with E-state index in [1.54, 1.807) is 0 Å². The van der Waals surface area contributed by atoms with E-state index in [1.807, 2.05) is 0 Å². The van der Waals surface area contributed by atoms with Gasteiger partial charge in [0.2, 0.25) is 70.9 Å². The fourth-order valence-electron chi connectivity index (χ4n) is 8.56. The number of nitrogens with one attached hydrogen (secondary N) is 7. The van der Waals surface area contributed by atoms with Gasteiger partial charge >= 0.3 is 0 Å². The lowest BCUT2D eigenvalue weighted by atomic mass is 10.0. The third-order valence-corrected chi connectivity index (χ3v) is 12.5. The molecule has 0 aromatic heterocycles. The molecule has 0 spiro atoms. The van der Waals surface area contributed by atoms with E-state index in [2.05, 4.69) is 51.1 Å². The second-order valence-electron chi connectivity index (χ2n) is 19.2. The molecule has 0 bridgehead atoms. The van der Waals surface area contributed by atoms with Crippen LogP contribution in [0.1, 0.15) is 122 Å². The smallest absolute Gasteiger partial charge is 0.245 e. The van der Waals surface area contributed by atoms with Crippen LogP contribution in [0.15, 0.2) is 24.3 Å². The fraction of sp³-hybridized carbons (Fsp3) is 0.625. The Balaban J connectivity index is 2.13. The molecule has 12 amide bonds.